The van der Waals surface area contributed by atoms with E-state index in [-0.39, 0.29) is 0 Å². The monoisotopic (exact) mass is 191 g/mol. The molecule has 0 radical (unpaired) electrons. The molecule has 0 spiro atoms. The minimum absolute atomic E-state index is 0.616. The van der Waals surface area contributed by atoms with Gasteiger partial charge in [-0.25, -0.2) is 9.97 Å². The second kappa shape index (κ2) is 4.40. The zero-order chi connectivity index (χ0) is 9.80. The first-order valence-electron chi connectivity index (χ1n) is 5.36. The van der Waals surface area contributed by atoms with E-state index < -0.39 is 0 Å². The fourth-order valence-corrected chi connectivity index (χ4v) is 2.17. The Morgan fingerprint density at radius 1 is 1.29 bits per heavy atom. The zero-order valence-electron chi connectivity index (χ0n) is 8.61. The quantitative estimate of drug-likeness (QED) is 0.780. The van der Waals surface area contributed by atoms with E-state index in [4.69, 9.17) is 0 Å². The van der Waals surface area contributed by atoms with Gasteiger partial charge in [-0.3, -0.25) is 0 Å². The first-order valence-corrected chi connectivity index (χ1v) is 5.36. The Morgan fingerprint density at radius 3 is 2.79 bits per heavy atom. The molecule has 2 atom stereocenters. The maximum absolute atomic E-state index is 4.00. The molecule has 2 rings (SSSR count). The van der Waals surface area contributed by atoms with E-state index in [9.17, 15) is 0 Å². The van der Waals surface area contributed by atoms with Crippen LogP contribution in [0.4, 0.5) is 5.69 Å². The van der Waals surface area contributed by atoms with Gasteiger partial charge in [0.1, 0.15) is 6.33 Å². The van der Waals surface area contributed by atoms with Gasteiger partial charge in [-0.1, -0.05) is 19.8 Å². The van der Waals surface area contributed by atoms with Crippen molar-refractivity contribution in [2.45, 2.75) is 38.6 Å². The first kappa shape index (κ1) is 9.44. The summed E-state index contributed by atoms with van der Waals surface area (Å²) in [4.78, 5) is 7.99. The van der Waals surface area contributed by atoms with Gasteiger partial charge in [0.2, 0.25) is 0 Å². The first-order chi connectivity index (χ1) is 6.84. The Hall–Kier alpha value is -1.12. The molecule has 0 aromatic carbocycles. The minimum atomic E-state index is 0.616. The summed E-state index contributed by atoms with van der Waals surface area (Å²) >= 11 is 0. The molecule has 1 aromatic rings. The number of hydrogen-bond donors (Lipinski definition) is 1. The van der Waals surface area contributed by atoms with E-state index in [2.05, 4.69) is 22.2 Å². The Kier molecular flexibility index (Phi) is 2.96. The van der Waals surface area contributed by atoms with Crippen molar-refractivity contribution in [3.63, 3.8) is 0 Å². The van der Waals surface area contributed by atoms with Crippen LogP contribution in [0.5, 0.6) is 0 Å². The Morgan fingerprint density at radius 2 is 2.07 bits per heavy atom. The molecule has 14 heavy (non-hydrogen) atoms. The highest BCUT2D eigenvalue weighted by Gasteiger charge is 2.18. The number of rotatable bonds is 2. The number of aromatic nitrogens is 2. The molecule has 0 bridgehead atoms. The lowest BCUT2D eigenvalue weighted by molar-refractivity contribution is 0.358. The van der Waals surface area contributed by atoms with Crippen LogP contribution in [0.2, 0.25) is 0 Å². The van der Waals surface area contributed by atoms with Crippen LogP contribution in [0.3, 0.4) is 0 Å². The summed E-state index contributed by atoms with van der Waals surface area (Å²) < 4.78 is 0. The second-order valence-electron chi connectivity index (χ2n) is 4.24. The van der Waals surface area contributed by atoms with Gasteiger partial charge in [-0.05, 0) is 18.8 Å². The Labute approximate surface area is 85.0 Å². The molecule has 1 aromatic heterocycles. The number of hydrogen-bond acceptors (Lipinski definition) is 3. The van der Waals surface area contributed by atoms with E-state index in [1.54, 1.807) is 6.33 Å². The van der Waals surface area contributed by atoms with Gasteiger partial charge in [0.05, 0.1) is 18.1 Å². The Balaban J connectivity index is 1.91. The smallest absolute Gasteiger partial charge is 0.115 e. The summed E-state index contributed by atoms with van der Waals surface area (Å²) in [6, 6.07) is 0.616. The molecule has 0 saturated heterocycles. The van der Waals surface area contributed by atoms with Gasteiger partial charge < -0.3 is 5.32 Å². The van der Waals surface area contributed by atoms with Crippen LogP contribution in [0, 0.1) is 5.92 Å². The molecule has 1 fully saturated rings. The molecule has 1 N–H and O–H groups in total. The van der Waals surface area contributed by atoms with Crippen molar-refractivity contribution in [1.29, 1.82) is 0 Å². The molecule has 0 aliphatic heterocycles. The summed E-state index contributed by atoms with van der Waals surface area (Å²) in [5.74, 6) is 0.853. The third-order valence-electron chi connectivity index (χ3n) is 2.87. The molecule has 3 heteroatoms. The van der Waals surface area contributed by atoms with Gasteiger partial charge in [0.25, 0.3) is 0 Å². The molecule has 3 nitrogen and oxygen atoms in total. The summed E-state index contributed by atoms with van der Waals surface area (Å²) in [7, 11) is 0. The topological polar surface area (TPSA) is 37.8 Å². The van der Waals surface area contributed by atoms with Gasteiger partial charge in [-0.15, -0.1) is 0 Å². The predicted molar refractivity (Wildman–Crippen MR) is 57.1 cm³/mol. The zero-order valence-corrected chi connectivity index (χ0v) is 8.61. The summed E-state index contributed by atoms with van der Waals surface area (Å²) in [5.41, 5.74) is 1.05. The minimum Gasteiger partial charge on any atom is -0.380 e. The average molecular weight is 191 g/mol. The van der Waals surface area contributed by atoms with Crippen molar-refractivity contribution in [3.05, 3.63) is 18.7 Å². The van der Waals surface area contributed by atoms with E-state index in [1.165, 1.54) is 25.7 Å². The lowest BCUT2D eigenvalue weighted by Crippen LogP contribution is -2.26. The fourth-order valence-electron chi connectivity index (χ4n) is 2.17. The molecule has 1 saturated carbocycles. The van der Waals surface area contributed by atoms with Crippen molar-refractivity contribution >= 4 is 5.69 Å². The van der Waals surface area contributed by atoms with Crippen molar-refractivity contribution in [3.8, 4) is 0 Å². The molecule has 2 unspecified atom stereocenters. The fraction of sp³-hybridized carbons (Fsp3) is 0.636. The maximum atomic E-state index is 4.00. The molecule has 1 heterocycles. The van der Waals surface area contributed by atoms with E-state index in [0.29, 0.717) is 6.04 Å². The average Bonchev–Trinajstić information content (AvgIpc) is 2.19. The normalized spacial score (nSPS) is 27.2. The SMILES string of the molecule is CC1CCCC(Nc2cncnc2)C1. The van der Waals surface area contributed by atoms with Crippen molar-refractivity contribution in [2.24, 2.45) is 5.92 Å². The third-order valence-corrected chi connectivity index (χ3v) is 2.87. The van der Waals surface area contributed by atoms with Gasteiger partial charge >= 0.3 is 0 Å². The van der Waals surface area contributed by atoms with Crippen LogP contribution < -0.4 is 5.32 Å². The van der Waals surface area contributed by atoms with Crippen LogP contribution in [-0.4, -0.2) is 16.0 Å². The maximum Gasteiger partial charge on any atom is 0.115 e. The summed E-state index contributed by atoms with van der Waals surface area (Å²) in [5, 5.41) is 3.49. The number of nitrogens with one attached hydrogen (secondary N) is 1. The van der Waals surface area contributed by atoms with E-state index in [1.807, 2.05) is 12.4 Å². The lowest BCUT2D eigenvalue weighted by atomic mass is 9.87. The van der Waals surface area contributed by atoms with Crippen molar-refractivity contribution < 1.29 is 0 Å². The van der Waals surface area contributed by atoms with Crippen LogP contribution in [-0.2, 0) is 0 Å². The van der Waals surface area contributed by atoms with Gasteiger partial charge in [0, 0.05) is 6.04 Å². The van der Waals surface area contributed by atoms with E-state index in [0.717, 1.165) is 11.6 Å². The van der Waals surface area contributed by atoms with Crippen LogP contribution in [0.15, 0.2) is 18.7 Å². The number of anilines is 1. The van der Waals surface area contributed by atoms with Crippen molar-refractivity contribution in [2.75, 3.05) is 5.32 Å². The van der Waals surface area contributed by atoms with Crippen LogP contribution in [0.1, 0.15) is 32.6 Å². The highest BCUT2D eigenvalue weighted by atomic mass is 15.0. The highest BCUT2D eigenvalue weighted by Crippen LogP contribution is 2.25. The molecule has 1 aliphatic carbocycles. The summed E-state index contributed by atoms with van der Waals surface area (Å²) in [6.07, 6.45) is 10.5. The van der Waals surface area contributed by atoms with Crippen LogP contribution >= 0.6 is 0 Å². The highest BCUT2D eigenvalue weighted by molar-refractivity contribution is 5.38. The molecule has 1 aliphatic rings. The predicted octanol–water partition coefficient (Wildman–Crippen LogP) is 2.47. The molecular weight excluding hydrogens is 174 g/mol. The lowest BCUT2D eigenvalue weighted by Gasteiger charge is -2.27. The van der Waals surface area contributed by atoms with Crippen LogP contribution in [0.25, 0.3) is 0 Å². The molecular formula is C11H17N3. The molecule has 0 amide bonds. The Bertz CT molecular complexity index is 273. The largest absolute Gasteiger partial charge is 0.380 e. The standard InChI is InChI=1S/C11H17N3/c1-9-3-2-4-10(5-9)14-11-6-12-8-13-7-11/h6-10,14H,2-5H2,1H3. The van der Waals surface area contributed by atoms with Gasteiger partial charge in [-0.2, -0.15) is 0 Å². The number of nitrogens with zero attached hydrogens (tertiary/aromatic N) is 2. The second-order valence-corrected chi connectivity index (χ2v) is 4.24. The van der Waals surface area contributed by atoms with Crippen molar-refractivity contribution in [1.82, 2.24) is 9.97 Å². The summed E-state index contributed by atoms with van der Waals surface area (Å²) in [6.45, 7) is 2.33. The molecule has 76 valence electrons. The van der Waals surface area contributed by atoms with Gasteiger partial charge in [0.15, 0.2) is 0 Å². The van der Waals surface area contributed by atoms with E-state index >= 15 is 0 Å². The third kappa shape index (κ3) is 2.44.